The van der Waals surface area contributed by atoms with E-state index in [-0.39, 0.29) is 12.1 Å². The van der Waals surface area contributed by atoms with Crippen LogP contribution in [0.15, 0.2) is 17.6 Å². The van der Waals surface area contributed by atoms with Crippen LogP contribution >= 0.6 is 34.3 Å². The van der Waals surface area contributed by atoms with Crippen LogP contribution in [0.5, 0.6) is 0 Å². The van der Waals surface area contributed by atoms with Crippen LogP contribution < -0.4 is 5.73 Å². The van der Waals surface area contributed by atoms with Gasteiger partial charge in [0, 0.05) is 22.3 Å². The normalized spacial score (nSPS) is 14.8. The average molecular weight is 316 g/mol. The molecule has 0 aliphatic carbocycles. The van der Waals surface area contributed by atoms with Crippen LogP contribution in [0, 0.1) is 6.92 Å². The second-order valence-electron chi connectivity index (χ2n) is 4.72. The van der Waals surface area contributed by atoms with Gasteiger partial charge >= 0.3 is 0 Å². The standard InChI is InChI=1S/C13H18ClN3S2/c1-8(15)13(10-4-5-12(14)19-10)17(3)6-11-9(2)16-7-18-11/h4-5,7-8,13H,6,15H2,1-3H3. The average Bonchev–Trinajstić information content (AvgIpc) is 2.89. The van der Waals surface area contributed by atoms with E-state index in [1.54, 1.807) is 22.7 Å². The number of likely N-dealkylation sites (N-methyl/N-ethyl adjacent to an activating group) is 1. The summed E-state index contributed by atoms with van der Waals surface area (Å²) < 4.78 is 0.808. The van der Waals surface area contributed by atoms with Gasteiger partial charge in [0.25, 0.3) is 0 Å². The van der Waals surface area contributed by atoms with Crippen molar-refractivity contribution in [2.45, 2.75) is 32.5 Å². The second kappa shape index (κ2) is 6.33. The minimum Gasteiger partial charge on any atom is -0.326 e. The SMILES string of the molecule is Cc1ncsc1CN(C)C(c1ccc(Cl)s1)C(C)N. The van der Waals surface area contributed by atoms with Gasteiger partial charge in [0.1, 0.15) is 0 Å². The van der Waals surface area contributed by atoms with E-state index in [1.165, 1.54) is 9.75 Å². The van der Waals surface area contributed by atoms with E-state index in [0.29, 0.717) is 0 Å². The highest BCUT2D eigenvalue weighted by molar-refractivity contribution is 7.16. The Morgan fingerprint density at radius 1 is 1.47 bits per heavy atom. The van der Waals surface area contributed by atoms with E-state index < -0.39 is 0 Å². The van der Waals surface area contributed by atoms with Crippen molar-refractivity contribution in [2.24, 2.45) is 5.73 Å². The molecular weight excluding hydrogens is 298 g/mol. The largest absolute Gasteiger partial charge is 0.326 e. The summed E-state index contributed by atoms with van der Waals surface area (Å²) in [5, 5.41) is 0. The Bertz CT molecular complexity index is 535. The van der Waals surface area contributed by atoms with Crippen molar-refractivity contribution < 1.29 is 0 Å². The van der Waals surface area contributed by atoms with Crippen LogP contribution in [-0.2, 0) is 6.54 Å². The first-order valence-corrected chi connectivity index (χ1v) is 8.16. The van der Waals surface area contributed by atoms with Crippen LogP contribution in [-0.4, -0.2) is 23.0 Å². The van der Waals surface area contributed by atoms with Gasteiger partial charge in [0.15, 0.2) is 0 Å². The number of nitrogens with two attached hydrogens (primary N) is 1. The number of aryl methyl sites for hydroxylation is 1. The summed E-state index contributed by atoms with van der Waals surface area (Å²) >= 11 is 9.33. The minimum absolute atomic E-state index is 0.0490. The molecule has 104 valence electrons. The van der Waals surface area contributed by atoms with Crippen molar-refractivity contribution >= 4 is 34.3 Å². The van der Waals surface area contributed by atoms with Crippen molar-refractivity contribution in [1.82, 2.24) is 9.88 Å². The molecule has 0 saturated heterocycles. The molecule has 2 aromatic heterocycles. The Morgan fingerprint density at radius 2 is 2.21 bits per heavy atom. The summed E-state index contributed by atoms with van der Waals surface area (Å²) in [6, 6.07) is 4.23. The number of rotatable bonds is 5. The Hall–Kier alpha value is -0.460. The summed E-state index contributed by atoms with van der Waals surface area (Å²) in [6.45, 7) is 4.94. The van der Waals surface area contributed by atoms with E-state index in [2.05, 4.69) is 23.0 Å². The topological polar surface area (TPSA) is 42.2 Å². The predicted octanol–water partition coefficient (Wildman–Crippen LogP) is 3.69. The van der Waals surface area contributed by atoms with Gasteiger partial charge in [0.05, 0.1) is 21.6 Å². The lowest BCUT2D eigenvalue weighted by Crippen LogP contribution is -2.36. The molecule has 2 aromatic rings. The number of nitrogens with zero attached hydrogens (tertiary/aromatic N) is 2. The number of thiazole rings is 1. The van der Waals surface area contributed by atoms with Gasteiger partial charge in [-0.3, -0.25) is 4.90 Å². The Labute approximate surface area is 127 Å². The molecule has 2 atom stereocenters. The molecule has 0 bridgehead atoms. The van der Waals surface area contributed by atoms with Gasteiger partial charge in [-0.15, -0.1) is 22.7 Å². The third-order valence-corrected chi connectivity index (χ3v) is 5.32. The van der Waals surface area contributed by atoms with Gasteiger partial charge in [-0.25, -0.2) is 4.98 Å². The zero-order chi connectivity index (χ0) is 14.0. The second-order valence-corrected chi connectivity index (χ2v) is 7.41. The molecule has 0 fully saturated rings. The summed E-state index contributed by atoms with van der Waals surface area (Å²) in [7, 11) is 2.10. The molecule has 0 amide bonds. The van der Waals surface area contributed by atoms with Crippen LogP contribution in [0.1, 0.15) is 28.4 Å². The number of hydrogen-bond donors (Lipinski definition) is 1. The van der Waals surface area contributed by atoms with E-state index >= 15 is 0 Å². The van der Waals surface area contributed by atoms with E-state index in [0.717, 1.165) is 16.6 Å². The highest BCUT2D eigenvalue weighted by Gasteiger charge is 2.23. The summed E-state index contributed by atoms with van der Waals surface area (Å²) in [5.74, 6) is 0. The van der Waals surface area contributed by atoms with Crippen LogP contribution in [0.25, 0.3) is 0 Å². The molecule has 0 radical (unpaired) electrons. The fraction of sp³-hybridized carbons (Fsp3) is 0.462. The van der Waals surface area contributed by atoms with Gasteiger partial charge < -0.3 is 5.73 Å². The van der Waals surface area contributed by atoms with Crippen LogP contribution in [0.3, 0.4) is 0 Å². The number of thiophene rings is 1. The van der Waals surface area contributed by atoms with Crippen LogP contribution in [0.4, 0.5) is 0 Å². The molecule has 0 aliphatic rings. The quantitative estimate of drug-likeness (QED) is 0.915. The molecular formula is C13H18ClN3S2. The fourth-order valence-corrected chi connectivity index (χ4v) is 4.35. The zero-order valence-electron chi connectivity index (χ0n) is 11.3. The molecule has 2 N–H and O–H groups in total. The first kappa shape index (κ1) is 14.9. The molecule has 2 heterocycles. The monoisotopic (exact) mass is 315 g/mol. The van der Waals surface area contributed by atoms with Crippen LogP contribution in [0.2, 0.25) is 4.34 Å². The number of aromatic nitrogens is 1. The van der Waals surface area contributed by atoms with Crippen molar-refractivity contribution in [1.29, 1.82) is 0 Å². The molecule has 6 heteroatoms. The van der Waals surface area contributed by atoms with E-state index in [4.69, 9.17) is 17.3 Å². The highest BCUT2D eigenvalue weighted by atomic mass is 35.5. The molecule has 3 nitrogen and oxygen atoms in total. The zero-order valence-corrected chi connectivity index (χ0v) is 13.6. The Morgan fingerprint density at radius 3 is 2.68 bits per heavy atom. The molecule has 0 aromatic carbocycles. The van der Waals surface area contributed by atoms with Crippen molar-refractivity contribution in [3.63, 3.8) is 0 Å². The molecule has 0 aliphatic heterocycles. The highest BCUT2D eigenvalue weighted by Crippen LogP contribution is 2.32. The maximum Gasteiger partial charge on any atom is 0.0931 e. The molecule has 19 heavy (non-hydrogen) atoms. The summed E-state index contributed by atoms with van der Waals surface area (Å²) in [6.07, 6.45) is 0. The molecule has 0 saturated carbocycles. The van der Waals surface area contributed by atoms with Crippen molar-refractivity contribution in [2.75, 3.05) is 7.05 Å². The lowest BCUT2D eigenvalue weighted by molar-refractivity contribution is 0.215. The predicted molar refractivity (Wildman–Crippen MR) is 84.0 cm³/mol. The number of halogens is 1. The summed E-state index contributed by atoms with van der Waals surface area (Å²) in [4.78, 5) is 9.06. The van der Waals surface area contributed by atoms with Gasteiger partial charge in [-0.1, -0.05) is 11.6 Å². The Balaban J connectivity index is 2.18. The maximum absolute atomic E-state index is 6.16. The molecule has 2 unspecified atom stereocenters. The fourth-order valence-electron chi connectivity index (χ4n) is 2.17. The van der Waals surface area contributed by atoms with Gasteiger partial charge in [0.2, 0.25) is 0 Å². The lowest BCUT2D eigenvalue weighted by atomic mass is 10.1. The molecule has 2 rings (SSSR count). The first-order valence-electron chi connectivity index (χ1n) is 6.09. The first-order chi connectivity index (χ1) is 8.99. The Kier molecular flexibility index (Phi) is 4.97. The maximum atomic E-state index is 6.16. The van der Waals surface area contributed by atoms with Gasteiger partial charge in [-0.05, 0) is 33.0 Å². The van der Waals surface area contributed by atoms with Crippen molar-refractivity contribution in [3.8, 4) is 0 Å². The van der Waals surface area contributed by atoms with Gasteiger partial charge in [-0.2, -0.15) is 0 Å². The summed E-state index contributed by atoms with van der Waals surface area (Å²) in [5.41, 5.74) is 9.15. The third kappa shape index (κ3) is 3.55. The van der Waals surface area contributed by atoms with Crippen molar-refractivity contribution in [3.05, 3.63) is 37.4 Å². The number of hydrogen-bond acceptors (Lipinski definition) is 5. The molecule has 0 spiro atoms. The van der Waals surface area contributed by atoms with E-state index in [1.807, 2.05) is 25.4 Å². The minimum atomic E-state index is 0.0490. The van der Waals surface area contributed by atoms with E-state index in [9.17, 15) is 0 Å². The third-order valence-electron chi connectivity index (χ3n) is 3.10. The lowest BCUT2D eigenvalue weighted by Gasteiger charge is -2.30. The smallest absolute Gasteiger partial charge is 0.0931 e.